The van der Waals surface area contributed by atoms with Crippen molar-refractivity contribution >= 4 is 18.5 Å². The molecule has 0 spiro atoms. The van der Waals surface area contributed by atoms with Gasteiger partial charge in [-0.05, 0) is 6.07 Å². The van der Waals surface area contributed by atoms with Gasteiger partial charge in [-0.2, -0.15) is 0 Å². The molecular weight excluding hydrogens is 234 g/mol. The normalized spacial score (nSPS) is 18.3. The predicted octanol–water partition coefficient (Wildman–Crippen LogP) is 1.60. The van der Waals surface area contributed by atoms with Crippen molar-refractivity contribution in [2.45, 2.75) is 6.04 Å². The molecule has 1 aromatic rings. The lowest BCUT2D eigenvalue weighted by Crippen LogP contribution is -2.18. The molecule has 0 unspecified atom stereocenters. The highest BCUT2D eigenvalue weighted by Gasteiger charge is 2.26. The van der Waals surface area contributed by atoms with Crippen molar-refractivity contribution in [1.29, 1.82) is 0 Å². The SMILES string of the molecule is COc1cccc([C@@H]2COC(=O)N2)c1O.Cl. The number of cyclic esters (lactones) is 1. The number of nitrogens with one attached hydrogen (secondary N) is 1. The van der Waals surface area contributed by atoms with Gasteiger partial charge < -0.3 is 19.9 Å². The van der Waals surface area contributed by atoms with Gasteiger partial charge in [0.25, 0.3) is 0 Å². The number of benzene rings is 1. The van der Waals surface area contributed by atoms with Crippen LogP contribution in [0.2, 0.25) is 0 Å². The first-order chi connectivity index (χ1) is 7.22. The molecule has 0 aliphatic carbocycles. The van der Waals surface area contributed by atoms with Gasteiger partial charge in [0, 0.05) is 5.56 Å². The highest BCUT2D eigenvalue weighted by atomic mass is 35.5. The van der Waals surface area contributed by atoms with Crippen LogP contribution in [0.1, 0.15) is 11.6 Å². The molecule has 1 aromatic carbocycles. The second-order valence-corrected chi connectivity index (χ2v) is 3.19. The maximum Gasteiger partial charge on any atom is 0.407 e. The number of amides is 1. The van der Waals surface area contributed by atoms with E-state index in [0.29, 0.717) is 11.3 Å². The van der Waals surface area contributed by atoms with Crippen LogP contribution < -0.4 is 10.1 Å². The second kappa shape index (κ2) is 4.94. The van der Waals surface area contributed by atoms with E-state index in [-0.39, 0.29) is 30.8 Å². The number of hydrogen-bond donors (Lipinski definition) is 2. The molecule has 1 saturated heterocycles. The molecule has 2 N–H and O–H groups in total. The van der Waals surface area contributed by atoms with Crippen molar-refractivity contribution < 1.29 is 19.4 Å². The van der Waals surface area contributed by atoms with E-state index < -0.39 is 6.09 Å². The molecule has 6 heteroatoms. The number of para-hydroxylation sites is 1. The quantitative estimate of drug-likeness (QED) is 0.831. The van der Waals surface area contributed by atoms with Gasteiger partial charge in [0.05, 0.1) is 13.2 Å². The molecule has 1 aliphatic rings. The Bertz CT molecular complexity index is 396. The fraction of sp³-hybridized carbons (Fsp3) is 0.300. The highest BCUT2D eigenvalue weighted by Crippen LogP contribution is 2.34. The third-order valence-electron chi connectivity index (χ3n) is 2.30. The summed E-state index contributed by atoms with van der Waals surface area (Å²) in [6.45, 7) is 0.222. The largest absolute Gasteiger partial charge is 0.504 e. The van der Waals surface area contributed by atoms with Crippen molar-refractivity contribution in [3.05, 3.63) is 23.8 Å². The Morgan fingerprint density at radius 1 is 1.56 bits per heavy atom. The van der Waals surface area contributed by atoms with Crippen LogP contribution in [-0.4, -0.2) is 24.9 Å². The molecule has 1 atom stereocenters. The van der Waals surface area contributed by atoms with E-state index in [1.165, 1.54) is 7.11 Å². The summed E-state index contributed by atoms with van der Waals surface area (Å²) < 4.78 is 9.71. The molecule has 2 rings (SSSR count). The van der Waals surface area contributed by atoms with Crippen LogP contribution in [0, 0.1) is 0 Å². The zero-order chi connectivity index (χ0) is 10.8. The number of halogens is 1. The van der Waals surface area contributed by atoms with Gasteiger partial charge in [-0.25, -0.2) is 4.79 Å². The third kappa shape index (κ3) is 2.14. The molecule has 0 saturated carbocycles. The number of methoxy groups -OCH3 is 1. The van der Waals surface area contributed by atoms with E-state index in [0.717, 1.165) is 0 Å². The van der Waals surface area contributed by atoms with Gasteiger partial charge in [-0.1, -0.05) is 12.1 Å². The van der Waals surface area contributed by atoms with Crippen LogP contribution in [0.25, 0.3) is 0 Å². The molecule has 1 amide bonds. The summed E-state index contributed by atoms with van der Waals surface area (Å²) in [7, 11) is 1.47. The van der Waals surface area contributed by atoms with Crippen molar-refractivity contribution in [1.82, 2.24) is 5.32 Å². The molecule has 88 valence electrons. The number of phenols is 1. The smallest absolute Gasteiger partial charge is 0.407 e. The van der Waals surface area contributed by atoms with E-state index in [1.807, 2.05) is 0 Å². The minimum atomic E-state index is -0.470. The van der Waals surface area contributed by atoms with Crippen LogP contribution in [0.15, 0.2) is 18.2 Å². The minimum Gasteiger partial charge on any atom is -0.504 e. The number of phenolic OH excluding ortho intramolecular Hbond substituents is 1. The van der Waals surface area contributed by atoms with Crippen LogP contribution in [0.3, 0.4) is 0 Å². The van der Waals surface area contributed by atoms with E-state index in [2.05, 4.69) is 5.32 Å². The van der Waals surface area contributed by atoms with Crippen molar-refractivity contribution in [3.63, 3.8) is 0 Å². The Morgan fingerprint density at radius 3 is 2.88 bits per heavy atom. The van der Waals surface area contributed by atoms with E-state index in [9.17, 15) is 9.90 Å². The predicted molar refractivity (Wildman–Crippen MR) is 59.1 cm³/mol. The maximum absolute atomic E-state index is 10.8. The topological polar surface area (TPSA) is 67.8 Å². The number of carbonyl (C=O) groups is 1. The van der Waals surface area contributed by atoms with Crippen LogP contribution in [0.4, 0.5) is 4.79 Å². The Hall–Kier alpha value is -1.62. The van der Waals surface area contributed by atoms with Gasteiger partial charge in [0.15, 0.2) is 11.5 Å². The summed E-state index contributed by atoms with van der Waals surface area (Å²) in [5, 5.41) is 12.4. The summed E-state index contributed by atoms with van der Waals surface area (Å²) in [5.74, 6) is 0.421. The average Bonchev–Trinajstić information content (AvgIpc) is 2.65. The third-order valence-corrected chi connectivity index (χ3v) is 2.30. The molecule has 1 aliphatic heterocycles. The standard InChI is InChI=1S/C10H11NO4.ClH/c1-14-8-4-2-3-6(9(8)12)7-5-15-10(13)11-7;/h2-4,7,12H,5H2,1H3,(H,11,13);1H/t7-;/m0./s1. The van der Waals surface area contributed by atoms with E-state index in [1.54, 1.807) is 18.2 Å². The first kappa shape index (κ1) is 12.4. The van der Waals surface area contributed by atoms with Gasteiger partial charge in [0.2, 0.25) is 0 Å². The lowest BCUT2D eigenvalue weighted by Gasteiger charge is -2.12. The number of aromatic hydroxyl groups is 1. The first-order valence-electron chi connectivity index (χ1n) is 4.51. The molecular formula is C10H12ClNO4. The van der Waals surface area contributed by atoms with Crippen LogP contribution in [-0.2, 0) is 4.74 Å². The van der Waals surface area contributed by atoms with Gasteiger partial charge >= 0.3 is 6.09 Å². The summed E-state index contributed by atoms with van der Waals surface area (Å²) in [5.41, 5.74) is 0.597. The summed E-state index contributed by atoms with van der Waals surface area (Å²) >= 11 is 0. The Labute approximate surface area is 98.8 Å². The van der Waals surface area contributed by atoms with Gasteiger partial charge in [-0.15, -0.1) is 12.4 Å². The minimum absolute atomic E-state index is 0. The van der Waals surface area contributed by atoms with E-state index in [4.69, 9.17) is 9.47 Å². The summed E-state index contributed by atoms with van der Waals surface area (Å²) in [6, 6.07) is 4.80. The van der Waals surface area contributed by atoms with Gasteiger partial charge in [0.1, 0.15) is 6.61 Å². The lowest BCUT2D eigenvalue weighted by atomic mass is 10.1. The molecule has 5 nitrogen and oxygen atoms in total. The van der Waals surface area contributed by atoms with Gasteiger partial charge in [-0.3, -0.25) is 0 Å². The van der Waals surface area contributed by atoms with Crippen molar-refractivity contribution in [2.24, 2.45) is 0 Å². The fourth-order valence-corrected chi connectivity index (χ4v) is 1.54. The maximum atomic E-state index is 10.8. The molecule has 0 radical (unpaired) electrons. The fourth-order valence-electron chi connectivity index (χ4n) is 1.54. The summed E-state index contributed by atoms with van der Waals surface area (Å²) in [4.78, 5) is 10.8. The van der Waals surface area contributed by atoms with Crippen molar-refractivity contribution in [3.8, 4) is 11.5 Å². The molecule has 1 heterocycles. The Balaban J connectivity index is 0.00000128. The van der Waals surface area contributed by atoms with Crippen LogP contribution >= 0.6 is 12.4 Å². The van der Waals surface area contributed by atoms with E-state index >= 15 is 0 Å². The summed E-state index contributed by atoms with van der Waals surface area (Å²) in [6.07, 6.45) is -0.470. The lowest BCUT2D eigenvalue weighted by molar-refractivity contribution is 0.176. The number of hydrogen-bond acceptors (Lipinski definition) is 4. The first-order valence-corrected chi connectivity index (χ1v) is 4.51. The Morgan fingerprint density at radius 2 is 2.31 bits per heavy atom. The van der Waals surface area contributed by atoms with Crippen LogP contribution in [0.5, 0.6) is 11.5 Å². The average molecular weight is 246 g/mol. The number of ether oxygens (including phenoxy) is 2. The molecule has 0 bridgehead atoms. The monoisotopic (exact) mass is 245 g/mol. The molecule has 1 fully saturated rings. The molecule has 16 heavy (non-hydrogen) atoms. The number of rotatable bonds is 2. The Kier molecular flexibility index (Phi) is 3.84. The van der Waals surface area contributed by atoms with Crippen molar-refractivity contribution in [2.75, 3.05) is 13.7 Å². The number of carbonyl (C=O) groups excluding carboxylic acids is 1. The number of alkyl carbamates (subject to hydrolysis) is 1. The zero-order valence-electron chi connectivity index (χ0n) is 8.60. The zero-order valence-corrected chi connectivity index (χ0v) is 9.41. The molecule has 0 aromatic heterocycles. The second-order valence-electron chi connectivity index (χ2n) is 3.19. The highest BCUT2D eigenvalue weighted by molar-refractivity contribution is 5.85.